The summed E-state index contributed by atoms with van der Waals surface area (Å²) >= 11 is 0. The second-order valence-electron chi connectivity index (χ2n) is 10.2. The van der Waals surface area contributed by atoms with Crippen molar-refractivity contribution in [2.24, 2.45) is 14.1 Å². The highest BCUT2D eigenvalue weighted by Crippen LogP contribution is 2.44. The number of anilines is 3. The summed E-state index contributed by atoms with van der Waals surface area (Å²) in [6.45, 7) is 4.67. The smallest absolute Gasteiger partial charge is 0.253 e. The monoisotopic (exact) mass is 511 g/mol. The number of hydrogen-bond donors (Lipinski definition) is 0. The zero-order chi connectivity index (χ0) is 27.1. The molecule has 5 rings (SSSR count). The Bertz CT molecular complexity index is 1630. The average molecular weight is 512 g/mol. The molecule has 0 saturated heterocycles. The Kier molecular flexibility index (Phi) is 6.59. The molecule has 4 aromatic rings. The fourth-order valence-electron chi connectivity index (χ4n) is 5.06. The first-order chi connectivity index (χ1) is 18.2. The van der Waals surface area contributed by atoms with Gasteiger partial charge < -0.3 is 24.0 Å². The summed E-state index contributed by atoms with van der Waals surface area (Å²) in [5.74, 6) is 0.709. The van der Waals surface area contributed by atoms with Crippen LogP contribution in [0.5, 0.6) is 5.75 Å². The Hall–Kier alpha value is -4.29. The van der Waals surface area contributed by atoms with E-state index in [-0.39, 0.29) is 5.56 Å². The fraction of sp³-hybridized carbons (Fsp3) is 0.345. The highest BCUT2D eigenvalue weighted by molar-refractivity contribution is 5.98. The van der Waals surface area contributed by atoms with Crippen LogP contribution < -0.4 is 20.1 Å². The topological polar surface area (TPSA) is 82.6 Å². The van der Waals surface area contributed by atoms with Gasteiger partial charge in [-0.05, 0) is 39.2 Å². The minimum Gasteiger partial charge on any atom is -0.492 e. The van der Waals surface area contributed by atoms with Gasteiger partial charge in [0.25, 0.3) is 5.56 Å². The number of likely N-dealkylation sites (N-methyl/N-ethyl adjacent to an activating group) is 2. The minimum atomic E-state index is -0.0273. The summed E-state index contributed by atoms with van der Waals surface area (Å²) < 4.78 is 9.59. The third kappa shape index (κ3) is 4.48. The van der Waals surface area contributed by atoms with Crippen molar-refractivity contribution in [1.29, 1.82) is 5.26 Å². The molecule has 2 aromatic carbocycles. The molecule has 9 heteroatoms. The maximum atomic E-state index is 12.8. The van der Waals surface area contributed by atoms with Crippen molar-refractivity contribution < 1.29 is 4.74 Å². The number of nitrogens with zero attached hydrogens (tertiary/aromatic N) is 7. The molecule has 38 heavy (non-hydrogen) atoms. The summed E-state index contributed by atoms with van der Waals surface area (Å²) in [4.78, 5) is 19.4. The van der Waals surface area contributed by atoms with Crippen LogP contribution in [0.4, 0.5) is 17.1 Å². The molecule has 0 spiro atoms. The van der Waals surface area contributed by atoms with Crippen molar-refractivity contribution in [3.63, 3.8) is 0 Å². The van der Waals surface area contributed by atoms with Gasteiger partial charge in [-0.1, -0.05) is 0 Å². The lowest BCUT2D eigenvalue weighted by atomic mass is 9.98. The van der Waals surface area contributed by atoms with Crippen molar-refractivity contribution in [2.45, 2.75) is 6.92 Å². The molecule has 0 atom stereocenters. The molecule has 3 heterocycles. The zero-order valence-electron chi connectivity index (χ0n) is 22.8. The van der Waals surface area contributed by atoms with E-state index in [9.17, 15) is 10.1 Å². The van der Waals surface area contributed by atoms with Crippen LogP contribution in [0.3, 0.4) is 0 Å². The van der Waals surface area contributed by atoms with Gasteiger partial charge in [0.1, 0.15) is 12.4 Å². The standard InChI is InChI=1S/C29H33N7O2/c1-19-11-24-25(35(6)29(19)37)13-22(38-10-9-32(2)3)14-26(24)36-8-7-33(4)27-15-23(20(16-30)12-28(27)36)21-17-31-34(5)18-21/h11-15,17-18H,7-10H2,1-6H3. The molecule has 0 aliphatic carbocycles. The van der Waals surface area contributed by atoms with Crippen LogP contribution in [0.2, 0.25) is 0 Å². The van der Waals surface area contributed by atoms with Crippen LogP contribution in [0.25, 0.3) is 22.0 Å². The largest absolute Gasteiger partial charge is 0.492 e. The lowest BCUT2D eigenvalue weighted by molar-refractivity contribution is 0.261. The van der Waals surface area contributed by atoms with Crippen molar-refractivity contribution >= 4 is 28.0 Å². The Labute approximate surface area is 222 Å². The van der Waals surface area contributed by atoms with Gasteiger partial charge in [0.05, 0.1) is 40.4 Å². The molecule has 2 aromatic heterocycles. The van der Waals surface area contributed by atoms with E-state index in [1.54, 1.807) is 22.5 Å². The number of nitriles is 1. The first-order valence-electron chi connectivity index (χ1n) is 12.7. The number of benzene rings is 2. The number of rotatable bonds is 6. The predicted molar refractivity (Wildman–Crippen MR) is 152 cm³/mol. The van der Waals surface area contributed by atoms with E-state index in [2.05, 4.69) is 45.0 Å². The Morgan fingerprint density at radius 3 is 2.53 bits per heavy atom. The van der Waals surface area contributed by atoms with Crippen LogP contribution in [0, 0.1) is 18.3 Å². The molecule has 1 aliphatic rings. The van der Waals surface area contributed by atoms with Gasteiger partial charge >= 0.3 is 0 Å². The molecule has 0 unspecified atom stereocenters. The second kappa shape index (κ2) is 9.88. The fourth-order valence-corrected chi connectivity index (χ4v) is 5.06. The third-order valence-electron chi connectivity index (χ3n) is 7.18. The summed E-state index contributed by atoms with van der Waals surface area (Å²) in [6.07, 6.45) is 3.71. The Balaban J connectivity index is 1.71. The quantitative estimate of drug-likeness (QED) is 0.391. The maximum absolute atomic E-state index is 12.8. The van der Waals surface area contributed by atoms with E-state index >= 15 is 0 Å². The highest BCUT2D eigenvalue weighted by Gasteiger charge is 2.27. The summed E-state index contributed by atoms with van der Waals surface area (Å²) in [7, 11) is 9.76. The normalized spacial score (nSPS) is 13.2. The molecule has 0 amide bonds. The van der Waals surface area contributed by atoms with E-state index in [1.165, 1.54) is 0 Å². The van der Waals surface area contributed by atoms with E-state index < -0.39 is 0 Å². The lowest BCUT2D eigenvalue weighted by Gasteiger charge is -2.38. The van der Waals surface area contributed by atoms with E-state index in [0.29, 0.717) is 23.5 Å². The first-order valence-corrected chi connectivity index (χ1v) is 12.7. The predicted octanol–water partition coefficient (Wildman–Crippen LogP) is 3.65. The summed E-state index contributed by atoms with van der Waals surface area (Å²) in [5, 5.41) is 15.4. The summed E-state index contributed by atoms with van der Waals surface area (Å²) in [5.41, 5.74) is 6.75. The number of hydrogen-bond acceptors (Lipinski definition) is 7. The number of aromatic nitrogens is 3. The molecule has 196 valence electrons. The van der Waals surface area contributed by atoms with Crippen LogP contribution in [0.15, 0.2) is 47.5 Å². The minimum absolute atomic E-state index is 0.0273. The van der Waals surface area contributed by atoms with Crippen molar-refractivity contribution in [1.82, 2.24) is 19.2 Å². The zero-order valence-corrected chi connectivity index (χ0v) is 22.8. The molecular formula is C29H33N7O2. The lowest BCUT2D eigenvalue weighted by Crippen LogP contribution is -2.37. The van der Waals surface area contributed by atoms with Crippen molar-refractivity contribution in [3.8, 4) is 22.9 Å². The molecule has 9 nitrogen and oxygen atoms in total. The molecule has 0 fully saturated rings. The average Bonchev–Trinajstić information content (AvgIpc) is 3.33. The highest BCUT2D eigenvalue weighted by atomic mass is 16.5. The van der Waals surface area contributed by atoms with Gasteiger partial charge in [0.15, 0.2) is 0 Å². The van der Waals surface area contributed by atoms with Crippen LogP contribution in [-0.2, 0) is 14.1 Å². The number of aryl methyl sites for hydroxylation is 3. The van der Waals surface area contributed by atoms with E-state index in [0.717, 1.165) is 58.7 Å². The van der Waals surface area contributed by atoms with E-state index in [1.807, 2.05) is 52.5 Å². The van der Waals surface area contributed by atoms with Crippen LogP contribution >= 0.6 is 0 Å². The van der Waals surface area contributed by atoms with Crippen LogP contribution in [0.1, 0.15) is 11.1 Å². The summed E-state index contributed by atoms with van der Waals surface area (Å²) in [6, 6.07) is 12.4. The third-order valence-corrected chi connectivity index (χ3v) is 7.18. The Morgan fingerprint density at radius 2 is 1.84 bits per heavy atom. The number of ether oxygens (including phenoxy) is 1. The Morgan fingerprint density at radius 1 is 1.05 bits per heavy atom. The van der Waals surface area contributed by atoms with Crippen molar-refractivity contribution in [3.05, 3.63) is 64.2 Å². The molecule has 0 saturated carbocycles. The molecule has 1 aliphatic heterocycles. The SMILES string of the molecule is Cc1cc2c(N3CCN(C)c4cc(-c5cnn(C)c5)c(C#N)cc43)cc(OCCN(C)C)cc2n(C)c1=O. The van der Waals surface area contributed by atoms with Gasteiger partial charge in [0.2, 0.25) is 0 Å². The second-order valence-corrected chi connectivity index (χ2v) is 10.2. The van der Waals surface area contributed by atoms with Crippen molar-refractivity contribution in [2.75, 3.05) is 57.2 Å². The maximum Gasteiger partial charge on any atom is 0.253 e. The molecular weight excluding hydrogens is 478 g/mol. The molecule has 0 bridgehead atoms. The number of fused-ring (bicyclic) bond motifs is 2. The first kappa shape index (κ1) is 25.4. The van der Waals surface area contributed by atoms with Gasteiger partial charge in [-0.25, -0.2) is 0 Å². The van der Waals surface area contributed by atoms with Gasteiger partial charge in [-0.2, -0.15) is 10.4 Å². The van der Waals surface area contributed by atoms with Gasteiger partial charge in [0, 0.05) is 81.2 Å². The van der Waals surface area contributed by atoms with E-state index in [4.69, 9.17) is 4.74 Å². The number of pyridine rings is 1. The molecule has 0 N–H and O–H groups in total. The van der Waals surface area contributed by atoms with Gasteiger partial charge in [-0.3, -0.25) is 9.48 Å². The van der Waals surface area contributed by atoms with Crippen LogP contribution in [-0.4, -0.2) is 66.6 Å². The molecule has 0 radical (unpaired) electrons. The van der Waals surface area contributed by atoms with Gasteiger partial charge in [-0.15, -0.1) is 0 Å².